The molecule has 0 saturated heterocycles. The Morgan fingerprint density at radius 2 is 1.68 bits per heavy atom. The number of benzene rings is 2. The lowest BCUT2D eigenvalue weighted by atomic mass is 9.73. The van der Waals surface area contributed by atoms with E-state index in [9.17, 15) is 14.7 Å². The summed E-state index contributed by atoms with van der Waals surface area (Å²) in [6.07, 6.45) is 1.03. The summed E-state index contributed by atoms with van der Waals surface area (Å²) < 4.78 is 17.1. The van der Waals surface area contributed by atoms with Crippen LogP contribution in [-0.2, 0) is 9.59 Å². The molecule has 1 amide bonds. The molecule has 2 N–H and O–H groups in total. The van der Waals surface area contributed by atoms with Crippen LogP contribution in [0, 0.1) is 0 Å². The molecule has 2 unspecified atom stereocenters. The van der Waals surface area contributed by atoms with Crippen molar-refractivity contribution in [3.63, 3.8) is 0 Å². The third-order valence-electron chi connectivity index (χ3n) is 6.23. The van der Waals surface area contributed by atoms with Crippen molar-refractivity contribution in [2.75, 3.05) is 14.2 Å². The van der Waals surface area contributed by atoms with Crippen molar-refractivity contribution in [1.82, 2.24) is 5.32 Å². The Kier molecular flexibility index (Phi) is 6.89. The van der Waals surface area contributed by atoms with Crippen molar-refractivity contribution in [2.45, 2.75) is 51.0 Å². The number of hydrogen-bond donors (Lipinski definition) is 2. The molecular formula is C26H28BrNO6. The van der Waals surface area contributed by atoms with Crippen molar-refractivity contribution < 1.29 is 28.9 Å². The van der Waals surface area contributed by atoms with Crippen LogP contribution >= 0.6 is 15.9 Å². The second-order valence-electron chi connectivity index (χ2n) is 8.86. The largest absolute Gasteiger partial charge is 0.503 e. The van der Waals surface area contributed by atoms with Crippen LogP contribution in [0.3, 0.4) is 0 Å². The Morgan fingerprint density at radius 3 is 2.35 bits per heavy atom. The zero-order chi connectivity index (χ0) is 24.6. The van der Waals surface area contributed by atoms with E-state index < -0.39 is 5.92 Å². The van der Waals surface area contributed by atoms with E-state index >= 15 is 0 Å². The SMILES string of the molecule is COc1cc(C2CC(=O)C3=C(C2)NC(=O)CC3c2cc(Br)c(O)c(OC)c2)ccc1OC(C)C. The molecule has 0 radical (unpaired) electrons. The normalized spacial score (nSPS) is 20.2. The number of halogens is 1. The van der Waals surface area contributed by atoms with Gasteiger partial charge in [-0.2, -0.15) is 0 Å². The number of ketones is 1. The molecule has 0 bridgehead atoms. The third-order valence-corrected chi connectivity index (χ3v) is 6.84. The minimum atomic E-state index is -0.403. The molecule has 34 heavy (non-hydrogen) atoms. The van der Waals surface area contributed by atoms with Crippen molar-refractivity contribution in [3.8, 4) is 23.0 Å². The predicted molar refractivity (Wildman–Crippen MR) is 131 cm³/mol. The lowest BCUT2D eigenvalue weighted by Crippen LogP contribution is -2.38. The highest BCUT2D eigenvalue weighted by atomic mass is 79.9. The highest BCUT2D eigenvalue weighted by Crippen LogP contribution is 2.46. The number of carbonyl (C=O) groups is 2. The monoisotopic (exact) mass is 529 g/mol. The van der Waals surface area contributed by atoms with Gasteiger partial charge in [-0.25, -0.2) is 0 Å². The van der Waals surface area contributed by atoms with E-state index in [-0.39, 0.29) is 41.6 Å². The lowest BCUT2D eigenvalue weighted by Gasteiger charge is -2.34. The van der Waals surface area contributed by atoms with Gasteiger partial charge in [-0.15, -0.1) is 0 Å². The molecule has 2 atom stereocenters. The first-order chi connectivity index (χ1) is 16.2. The first-order valence-electron chi connectivity index (χ1n) is 11.2. The fourth-order valence-corrected chi connectivity index (χ4v) is 5.18. The van der Waals surface area contributed by atoms with Crippen LogP contribution in [0.5, 0.6) is 23.0 Å². The highest BCUT2D eigenvalue weighted by Gasteiger charge is 2.38. The Balaban J connectivity index is 1.69. The maximum absolute atomic E-state index is 13.4. The van der Waals surface area contributed by atoms with Gasteiger partial charge < -0.3 is 24.6 Å². The van der Waals surface area contributed by atoms with Gasteiger partial charge in [-0.3, -0.25) is 9.59 Å². The van der Waals surface area contributed by atoms with Gasteiger partial charge in [0.1, 0.15) is 0 Å². The number of phenolic OH excluding ortho intramolecular Hbond substituents is 1. The number of Topliss-reactive ketones (excluding diaryl/α,β-unsaturated/α-hetero) is 1. The molecule has 7 nitrogen and oxygen atoms in total. The standard InChI is InChI=1S/C26H28BrNO6/c1-13(2)34-21-6-5-14(10-22(21)32-3)15-8-19-25(20(29)9-15)17(12-24(30)28-19)16-7-18(27)26(31)23(11-16)33-4/h5-7,10-11,13,15,17,31H,8-9,12H2,1-4H3,(H,28,30). The number of methoxy groups -OCH3 is 2. The fraction of sp³-hybridized carbons (Fsp3) is 0.385. The Morgan fingerprint density at radius 1 is 0.971 bits per heavy atom. The molecular weight excluding hydrogens is 502 g/mol. The van der Waals surface area contributed by atoms with Crippen LogP contribution in [-0.4, -0.2) is 37.1 Å². The molecule has 8 heteroatoms. The van der Waals surface area contributed by atoms with Crippen LogP contribution < -0.4 is 19.5 Å². The Labute approximate surface area is 207 Å². The summed E-state index contributed by atoms with van der Waals surface area (Å²) in [5.74, 6) is 0.905. The Bertz CT molecular complexity index is 1170. The minimum Gasteiger partial charge on any atom is -0.503 e. The summed E-state index contributed by atoms with van der Waals surface area (Å²) in [5.41, 5.74) is 2.99. The van der Waals surface area contributed by atoms with Gasteiger partial charge in [-0.1, -0.05) is 6.07 Å². The van der Waals surface area contributed by atoms with Gasteiger partial charge in [0.15, 0.2) is 28.8 Å². The smallest absolute Gasteiger partial charge is 0.225 e. The van der Waals surface area contributed by atoms with E-state index in [2.05, 4.69) is 21.2 Å². The number of nitrogens with one attached hydrogen (secondary N) is 1. The average Bonchev–Trinajstić information content (AvgIpc) is 2.79. The average molecular weight is 530 g/mol. The summed E-state index contributed by atoms with van der Waals surface area (Å²) in [6.45, 7) is 3.90. The second kappa shape index (κ2) is 9.70. The number of phenols is 1. The summed E-state index contributed by atoms with van der Waals surface area (Å²) in [7, 11) is 3.06. The zero-order valence-electron chi connectivity index (χ0n) is 19.6. The van der Waals surface area contributed by atoms with Crippen molar-refractivity contribution in [1.29, 1.82) is 0 Å². The quantitative estimate of drug-likeness (QED) is 0.548. The predicted octanol–water partition coefficient (Wildman–Crippen LogP) is 4.96. The third kappa shape index (κ3) is 4.64. The van der Waals surface area contributed by atoms with Gasteiger partial charge >= 0.3 is 0 Å². The number of allylic oxidation sites excluding steroid dienone is 2. The van der Waals surface area contributed by atoms with E-state index in [0.717, 1.165) is 11.1 Å². The molecule has 1 aliphatic heterocycles. The van der Waals surface area contributed by atoms with Crippen LogP contribution in [0.4, 0.5) is 0 Å². The molecule has 0 aromatic heterocycles. The molecule has 4 rings (SSSR count). The van der Waals surface area contributed by atoms with Gasteiger partial charge in [-0.05, 0) is 77.5 Å². The van der Waals surface area contributed by atoms with Crippen molar-refractivity contribution >= 4 is 27.6 Å². The number of ether oxygens (including phenoxy) is 3. The van der Waals surface area contributed by atoms with Crippen molar-refractivity contribution in [2.24, 2.45) is 0 Å². The van der Waals surface area contributed by atoms with E-state index in [1.807, 2.05) is 32.0 Å². The second-order valence-corrected chi connectivity index (χ2v) is 9.71. The maximum atomic E-state index is 13.4. The number of rotatable bonds is 6. The fourth-order valence-electron chi connectivity index (χ4n) is 4.72. The summed E-state index contributed by atoms with van der Waals surface area (Å²) in [5, 5.41) is 13.1. The molecule has 0 saturated carbocycles. The Hall–Kier alpha value is -3.00. The summed E-state index contributed by atoms with van der Waals surface area (Å²) >= 11 is 3.34. The molecule has 1 heterocycles. The molecule has 180 valence electrons. The number of amides is 1. The van der Waals surface area contributed by atoms with Crippen LogP contribution in [0.2, 0.25) is 0 Å². The van der Waals surface area contributed by atoms with E-state index in [1.54, 1.807) is 19.2 Å². The lowest BCUT2D eigenvalue weighted by molar-refractivity contribution is -0.122. The van der Waals surface area contributed by atoms with Crippen LogP contribution in [0.15, 0.2) is 46.1 Å². The van der Waals surface area contributed by atoms with Gasteiger partial charge in [0.05, 0.1) is 24.8 Å². The van der Waals surface area contributed by atoms with E-state index in [1.165, 1.54) is 7.11 Å². The van der Waals surface area contributed by atoms with E-state index in [4.69, 9.17) is 14.2 Å². The van der Waals surface area contributed by atoms with Crippen molar-refractivity contribution in [3.05, 3.63) is 57.2 Å². The van der Waals surface area contributed by atoms with Gasteiger partial charge in [0, 0.05) is 30.0 Å². The van der Waals surface area contributed by atoms with Gasteiger partial charge in [0.25, 0.3) is 0 Å². The maximum Gasteiger partial charge on any atom is 0.225 e. The molecule has 1 aliphatic carbocycles. The molecule has 0 fully saturated rings. The van der Waals surface area contributed by atoms with Crippen LogP contribution in [0.1, 0.15) is 56.1 Å². The highest BCUT2D eigenvalue weighted by molar-refractivity contribution is 9.10. The molecule has 2 aromatic rings. The molecule has 2 aromatic carbocycles. The zero-order valence-corrected chi connectivity index (χ0v) is 21.2. The first kappa shape index (κ1) is 24.1. The topological polar surface area (TPSA) is 94.1 Å². The summed E-state index contributed by atoms with van der Waals surface area (Å²) in [4.78, 5) is 26.0. The molecule has 0 spiro atoms. The van der Waals surface area contributed by atoms with Gasteiger partial charge in [0.2, 0.25) is 5.91 Å². The summed E-state index contributed by atoms with van der Waals surface area (Å²) in [6, 6.07) is 9.15. The minimum absolute atomic E-state index is 0.000822. The van der Waals surface area contributed by atoms with Crippen LogP contribution in [0.25, 0.3) is 0 Å². The van der Waals surface area contributed by atoms with E-state index in [0.29, 0.717) is 40.1 Å². The first-order valence-corrected chi connectivity index (χ1v) is 12.0. The number of aromatic hydroxyl groups is 1. The number of carbonyl (C=O) groups excluding carboxylic acids is 2. The number of hydrogen-bond acceptors (Lipinski definition) is 6. The molecule has 2 aliphatic rings.